The van der Waals surface area contributed by atoms with Crippen molar-refractivity contribution in [3.63, 3.8) is 0 Å². The van der Waals surface area contributed by atoms with Gasteiger partial charge in [-0.1, -0.05) is 18.2 Å². The van der Waals surface area contributed by atoms with Gasteiger partial charge in [0.05, 0.1) is 11.7 Å². The summed E-state index contributed by atoms with van der Waals surface area (Å²) >= 11 is 0. The second kappa shape index (κ2) is 4.67. The summed E-state index contributed by atoms with van der Waals surface area (Å²) in [6.45, 7) is 4.18. The van der Waals surface area contributed by atoms with Gasteiger partial charge in [0.1, 0.15) is 11.9 Å². The first-order valence-corrected chi connectivity index (χ1v) is 6.02. The molecule has 3 nitrogen and oxygen atoms in total. The molecule has 0 aromatic heterocycles. The van der Waals surface area contributed by atoms with Gasteiger partial charge < -0.3 is 14.6 Å². The fraction of sp³-hybridized carbons (Fsp3) is 0.571. The van der Waals surface area contributed by atoms with Gasteiger partial charge in [0.2, 0.25) is 0 Å². The molecule has 0 amide bonds. The number of para-hydroxylation sites is 1. The van der Waals surface area contributed by atoms with Crippen LogP contribution in [-0.2, 0) is 9.47 Å². The summed E-state index contributed by atoms with van der Waals surface area (Å²) < 4.78 is 11.5. The Kier molecular flexibility index (Phi) is 3.40. The minimum absolute atomic E-state index is 0.0169. The summed E-state index contributed by atoms with van der Waals surface area (Å²) in [5.41, 5.74) is 0.712. The lowest BCUT2D eigenvalue weighted by Crippen LogP contribution is -2.25. The summed E-state index contributed by atoms with van der Waals surface area (Å²) in [5.74, 6) is 0.271. The molecule has 2 atom stereocenters. The number of phenols is 1. The molecule has 0 bridgehead atoms. The maximum Gasteiger partial charge on any atom is 0.121 e. The smallest absolute Gasteiger partial charge is 0.121 e. The van der Waals surface area contributed by atoms with Crippen LogP contribution in [-0.4, -0.2) is 23.9 Å². The molecule has 3 heteroatoms. The number of methoxy groups -OCH3 is 1. The Bertz CT molecular complexity index is 387. The van der Waals surface area contributed by atoms with Crippen LogP contribution in [0.2, 0.25) is 0 Å². The van der Waals surface area contributed by atoms with E-state index in [1.165, 1.54) is 0 Å². The summed E-state index contributed by atoms with van der Waals surface area (Å²) in [6, 6.07) is 7.28. The van der Waals surface area contributed by atoms with E-state index >= 15 is 0 Å². The third-order valence-corrected chi connectivity index (χ3v) is 3.34. The standard InChI is InChI=1S/C14H20O3/c1-14(2)9-8-12(17-14)13(16-3)10-6-4-5-7-11(10)15/h4-7,12-13,15H,8-9H2,1-3H3/t12-,13-/m1/s1. The van der Waals surface area contributed by atoms with Gasteiger partial charge in [-0.15, -0.1) is 0 Å². The van der Waals surface area contributed by atoms with Crippen LogP contribution in [0, 0.1) is 0 Å². The lowest BCUT2D eigenvalue weighted by atomic mass is 9.99. The SMILES string of the molecule is CO[C@H](c1ccccc1O)[C@H]1CCC(C)(C)O1. The largest absolute Gasteiger partial charge is 0.508 e. The molecule has 1 fully saturated rings. The van der Waals surface area contributed by atoms with Crippen molar-refractivity contribution in [2.24, 2.45) is 0 Å². The quantitative estimate of drug-likeness (QED) is 0.876. The number of benzene rings is 1. The van der Waals surface area contributed by atoms with Crippen LogP contribution in [0.25, 0.3) is 0 Å². The molecule has 1 saturated heterocycles. The molecule has 1 heterocycles. The van der Waals surface area contributed by atoms with E-state index in [1.54, 1.807) is 13.2 Å². The van der Waals surface area contributed by atoms with Crippen molar-refractivity contribution < 1.29 is 14.6 Å². The van der Waals surface area contributed by atoms with Gasteiger partial charge in [0.25, 0.3) is 0 Å². The monoisotopic (exact) mass is 236 g/mol. The molecule has 1 aromatic rings. The topological polar surface area (TPSA) is 38.7 Å². The van der Waals surface area contributed by atoms with Crippen LogP contribution < -0.4 is 0 Å². The molecule has 94 valence electrons. The van der Waals surface area contributed by atoms with Gasteiger partial charge in [0, 0.05) is 12.7 Å². The van der Waals surface area contributed by atoms with E-state index in [9.17, 15) is 5.11 Å². The van der Waals surface area contributed by atoms with Crippen LogP contribution in [0.4, 0.5) is 0 Å². The van der Waals surface area contributed by atoms with E-state index in [0.717, 1.165) is 18.4 Å². The summed E-state index contributed by atoms with van der Waals surface area (Å²) in [7, 11) is 1.66. The predicted octanol–water partition coefficient (Wildman–Crippen LogP) is 3.04. The number of hydrogen-bond acceptors (Lipinski definition) is 3. The number of rotatable bonds is 3. The van der Waals surface area contributed by atoms with Crippen molar-refractivity contribution in [3.05, 3.63) is 29.8 Å². The van der Waals surface area contributed by atoms with E-state index < -0.39 is 0 Å². The minimum Gasteiger partial charge on any atom is -0.508 e. The molecule has 0 aliphatic carbocycles. The molecular formula is C14H20O3. The number of aromatic hydroxyl groups is 1. The highest BCUT2D eigenvalue weighted by atomic mass is 16.6. The third-order valence-electron chi connectivity index (χ3n) is 3.34. The molecule has 1 aliphatic rings. The van der Waals surface area contributed by atoms with Crippen LogP contribution in [0.5, 0.6) is 5.75 Å². The highest BCUT2D eigenvalue weighted by molar-refractivity contribution is 5.34. The summed E-state index contributed by atoms with van der Waals surface area (Å²) in [4.78, 5) is 0. The Morgan fingerprint density at radius 1 is 1.41 bits per heavy atom. The molecule has 0 spiro atoms. The molecule has 0 radical (unpaired) electrons. The summed E-state index contributed by atoms with van der Waals surface area (Å²) in [6.07, 6.45) is 1.80. The minimum atomic E-state index is -0.196. The molecule has 1 aromatic carbocycles. The number of phenolic OH excluding ortho intramolecular Hbond substituents is 1. The van der Waals surface area contributed by atoms with Crippen LogP contribution in [0.15, 0.2) is 24.3 Å². The lowest BCUT2D eigenvalue weighted by Gasteiger charge is -2.26. The fourth-order valence-corrected chi connectivity index (χ4v) is 2.44. The zero-order chi connectivity index (χ0) is 12.5. The Balaban J connectivity index is 2.21. The van der Waals surface area contributed by atoms with Crippen molar-refractivity contribution in [1.82, 2.24) is 0 Å². The average molecular weight is 236 g/mol. The number of ether oxygens (including phenoxy) is 2. The van der Waals surface area contributed by atoms with Crippen molar-refractivity contribution >= 4 is 0 Å². The third kappa shape index (κ3) is 2.61. The van der Waals surface area contributed by atoms with Crippen molar-refractivity contribution in [1.29, 1.82) is 0 Å². The Morgan fingerprint density at radius 3 is 2.65 bits per heavy atom. The Hall–Kier alpha value is -1.06. The van der Waals surface area contributed by atoms with Crippen LogP contribution in [0.1, 0.15) is 38.4 Å². The highest BCUT2D eigenvalue weighted by Gasteiger charge is 2.37. The van der Waals surface area contributed by atoms with Gasteiger partial charge in [-0.3, -0.25) is 0 Å². The first-order chi connectivity index (χ1) is 8.03. The normalized spacial score (nSPS) is 24.8. The van der Waals surface area contributed by atoms with Gasteiger partial charge in [-0.05, 0) is 32.8 Å². The second-order valence-corrected chi connectivity index (χ2v) is 5.17. The van der Waals surface area contributed by atoms with Crippen LogP contribution in [0.3, 0.4) is 0 Å². The zero-order valence-electron chi connectivity index (χ0n) is 10.6. The van der Waals surface area contributed by atoms with Crippen molar-refractivity contribution in [2.45, 2.75) is 44.5 Å². The van der Waals surface area contributed by atoms with Crippen molar-refractivity contribution in [2.75, 3.05) is 7.11 Å². The predicted molar refractivity (Wildman–Crippen MR) is 66.0 cm³/mol. The molecule has 2 rings (SSSR count). The lowest BCUT2D eigenvalue weighted by molar-refractivity contribution is -0.0854. The van der Waals surface area contributed by atoms with Gasteiger partial charge >= 0.3 is 0 Å². The molecular weight excluding hydrogens is 216 g/mol. The van der Waals surface area contributed by atoms with E-state index in [1.807, 2.05) is 18.2 Å². The summed E-state index contributed by atoms with van der Waals surface area (Å²) in [5, 5.41) is 9.87. The molecule has 0 saturated carbocycles. The van der Waals surface area contributed by atoms with E-state index in [4.69, 9.17) is 9.47 Å². The first-order valence-electron chi connectivity index (χ1n) is 6.02. The molecule has 17 heavy (non-hydrogen) atoms. The van der Waals surface area contributed by atoms with Gasteiger partial charge in [-0.25, -0.2) is 0 Å². The van der Waals surface area contributed by atoms with Gasteiger partial charge in [0.15, 0.2) is 0 Å². The van der Waals surface area contributed by atoms with Crippen molar-refractivity contribution in [3.8, 4) is 5.75 Å². The fourth-order valence-electron chi connectivity index (χ4n) is 2.44. The molecule has 1 N–H and O–H groups in total. The molecule has 1 aliphatic heterocycles. The average Bonchev–Trinajstić information content (AvgIpc) is 2.63. The number of hydrogen-bond donors (Lipinski definition) is 1. The molecule has 0 unspecified atom stereocenters. The van der Waals surface area contributed by atoms with E-state index in [-0.39, 0.29) is 23.6 Å². The first kappa shape index (κ1) is 12.4. The van der Waals surface area contributed by atoms with E-state index in [0.29, 0.717) is 0 Å². The highest BCUT2D eigenvalue weighted by Crippen LogP contribution is 2.39. The maximum absolute atomic E-state index is 9.87. The Labute approximate surface area is 102 Å². The Morgan fingerprint density at radius 2 is 2.12 bits per heavy atom. The zero-order valence-corrected chi connectivity index (χ0v) is 10.6. The van der Waals surface area contributed by atoms with Crippen LogP contribution >= 0.6 is 0 Å². The maximum atomic E-state index is 9.87. The van der Waals surface area contributed by atoms with Gasteiger partial charge in [-0.2, -0.15) is 0 Å². The second-order valence-electron chi connectivity index (χ2n) is 5.17. The van der Waals surface area contributed by atoms with E-state index in [2.05, 4.69) is 13.8 Å².